The molecule has 4 heteroatoms. The summed E-state index contributed by atoms with van der Waals surface area (Å²) in [5, 5.41) is 9.31. The Balaban J connectivity index is 1.89. The standard InChI is InChI=1S/C17H21NO3/c1-2-3-7-13(12-19)8-6-11-18-16(20)14-9-4-5-10-15(14)17(18)21/h2,4-5,9-10,13,19H,1,3,6-8,11-12H2. The van der Waals surface area contributed by atoms with Crippen LogP contribution < -0.4 is 0 Å². The highest BCUT2D eigenvalue weighted by Gasteiger charge is 2.34. The summed E-state index contributed by atoms with van der Waals surface area (Å²) in [7, 11) is 0. The zero-order valence-corrected chi connectivity index (χ0v) is 12.1. The third kappa shape index (κ3) is 3.39. The van der Waals surface area contributed by atoms with E-state index in [0.717, 1.165) is 19.3 Å². The van der Waals surface area contributed by atoms with Crippen LogP contribution in [0.1, 0.15) is 46.4 Å². The van der Waals surface area contributed by atoms with Gasteiger partial charge >= 0.3 is 0 Å². The molecule has 0 saturated carbocycles. The lowest BCUT2D eigenvalue weighted by Gasteiger charge is -2.17. The lowest BCUT2D eigenvalue weighted by molar-refractivity contribution is 0.0648. The fraction of sp³-hybridized carbons (Fsp3) is 0.412. The molecule has 0 spiro atoms. The molecule has 1 atom stereocenters. The Morgan fingerprint density at radius 2 is 1.76 bits per heavy atom. The highest BCUT2D eigenvalue weighted by Crippen LogP contribution is 2.23. The lowest BCUT2D eigenvalue weighted by Crippen LogP contribution is -2.31. The highest BCUT2D eigenvalue weighted by molar-refractivity contribution is 6.21. The van der Waals surface area contributed by atoms with Gasteiger partial charge in [-0.3, -0.25) is 14.5 Å². The number of carbonyl (C=O) groups excluding carboxylic acids is 2. The first-order chi connectivity index (χ1) is 10.2. The zero-order chi connectivity index (χ0) is 15.2. The summed E-state index contributed by atoms with van der Waals surface area (Å²) in [6.45, 7) is 4.22. The molecule has 0 radical (unpaired) electrons. The smallest absolute Gasteiger partial charge is 0.261 e. The third-order valence-corrected chi connectivity index (χ3v) is 3.91. The van der Waals surface area contributed by atoms with Gasteiger partial charge in [-0.15, -0.1) is 6.58 Å². The summed E-state index contributed by atoms with van der Waals surface area (Å²) >= 11 is 0. The number of amides is 2. The molecule has 0 bridgehead atoms. The van der Waals surface area contributed by atoms with Gasteiger partial charge in [-0.2, -0.15) is 0 Å². The second kappa shape index (κ2) is 7.18. The van der Waals surface area contributed by atoms with Crippen molar-refractivity contribution < 1.29 is 14.7 Å². The third-order valence-electron chi connectivity index (χ3n) is 3.91. The monoisotopic (exact) mass is 287 g/mol. The Labute approximate surface area is 125 Å². The van der Waals surface area contributed by atoms with E-state index in [9.17, 15) is 14.7 Å². The number of nitrogens with zero attached hydrogens (tertiary/aromatic N) is 1. The number of aliphatic hydroxyl groups excluding tert-OH is 1. The summed E-state index contributed by atoms with van der Waals surface area (Å²) in [6, 6.07) is 6.92. The highest BCUT2D eigenvalue weighted by atomic mass is 16.3. The first-order valence-corrected chi connectivity index (χ1v) is 7.36. The molecular weight excluding hydrogens is 266 g/mol. The summed E-state index contributed by atoms with van der Waals surface area (Å²) in [6.07, 6.45) is 5.12. The minimum atomic E-state index is -0.206. The molecule has 2 rings (SSSR count). The molecule has 112 valence electrons. The molecule has 0 fully saturated rings. The van der Waals surface area contributed by atoms with Gasteiger partial charge in [0.05, 0.1) is 11.1 Å². The van der Waals surface area contributed by atoms with Crippen LogP contribution in [0.5, 0.6) is 0 Å². The van der Waals surface area contributed by atoms with E-state index >= 15 is 0 Å². The summed E-state index contributed by atoms with van der Waals surface area (Å²) in [5.41, 5.74) is 0.987. The van der Waals surface area contributed by atoms with Gasteiger partial charge in [0.15, 0.2) is 0 Å². The predicted molar refractivity (Wildman–Crippen MR) is 81.0 cm³/mol. The molecule has 1 aromatic rings. The fourth-order valence-corrected chi connectivity index (χ4v) is 2.66. The molecule has 4 nitrogen and oxygen atoms in total. The molecule has 0 aliphatic carbocycles. The van der Waals surface area contributed by atoms with Gasteiger partial charge in [0.25, 0.3) is 11.8 Å². The molecule has 1 N–H and O–H groups in total. The first-order valence-electron chi connectivity index (χ1n) is 7.36. The molecular formula is C17H21NO3. The van der Waals surface area contributed by atoms with Crippen molar-refractivity contribution >= 4 is 11.8 Å². The predicted octanol–water partition coefficient (Wildman–Crippen LogP) is 2.64. The number of benzene rings is 1. The largest absolute Gasteiger partial charge is 0.396 e. The Morgan fingerprint density at radius 3 is 2.29 bits per heavy atom. The quantitative estimate of drug-likeness (QED) is 0.590. The van der Waals surface area contributed by atoms with Gasteiger partial charge in [0.1, 0.15) is 0 Å². The van der Waals surface area contributed by atoms with Gasteiger partial charge in [-0.25, -0.2) is 0 Å². The molecule has 1 aliphatic heterocycles. The van der Waals surface area contributed by atoms with Gasteiger partial charge in [0.2, 0.25) is 0 Å². The molecule has 1 aliphatic rings. The van der Waals surface area contributed by atoms with Crippen molar-refractivity contribution in [1.82, 2.24) is 4.90 Å². The number of imide groups is 1. The van der Waals surface area contributed by atoms with Gasteiger partial charge in [0, 0.05) is 13.2 Å². The summed E-state index contributed by atoms with van der Waals surface area (Å²) < 4.78 is 0. The second-order valence-corrected chi connectivity index (χ2v) is 5.36. The van der Waals surface area contributed by atoms with Crippen LogP contribution in [-0.2, 0) is 0 Å². The van der Waals surface area contributed by atoms with Crippen LogP contribution in [0.2, 0.25) is 0 Å². The molecule has 1 aromatic carbocycles. The normalized spacial score (nSPS) is 15.2. The van der Waals surface area contributed by atoms with E-state index in [0.29, 0.717) is 24.1 Å². The molecule has 0 aromatic heterocycles. The van der Waals surface area contributed by atoms with E-state index in [1.807, 2.05) is 6.08 Å². The van der Waals surface area contributed by atoms with Crippen molar-refractivity contribution in [2.45, 2.75) is 25.7 Å². The maximum atomic E-state index is 12.2. The average Bonchev–Trinajstić information content (AvgIpc) is 2.76. The summed E-state index contributed by atoms with van der Waals surface area (Å²) in [5.74, 6) is -0.206. The van der Waals surface area contributed by atoms with E-state index in [4.69, 9.17) is 0 Å². The topological polar surface area (TPSA) is 57.6 Å². The van der Waals surface area contributed by atoms with E-state index in [-0.39, 0.29) is 24.3 Å². The number of aliphatic hydroxyl groups is 1. The van der Waals surface area contributed by atoms with Crippen LogP contribution in [0.4, 0.5) is 0 Å². The number of hydrogen-bond donors (Lipinski definition) is 1. The lowest BCUT2D eigenvalue weighted by atomic mass is 9.98. The Hall–Kier alpha value is -1.94. The van der Waals surface area contributed by atoms with Crippen LogP contribution in [0, 0.1) is 5.92 Å². The van der Waals surface area contributed by atoms with Gasteiger partial charge < -0.3 is 5.11 Å². The van der Waals surface area contributed by atoms with E-state index in [1.165, 1.54) is 4.90 Å². The zero-order valence-electron chi connectivity index (χ0n) is 12.1. The first kappa shape index (κ1) is 15.4. The second-order valence-electron chi connectivity index (χ2n) is 5.36. The minimum Gasteiger partial charge on any atom is -0.396 e. The molecule has 0 saturated heterocycles. The van der Waals surface area contributed by atoms with Crippen LogP contribution in [0.3, 0.4) is 0 Å². The van der Waals surface area contributed by atoms with E-state index in [1.54, 1.807) is 24.3 Å². The van der Waals surface area contributed by atoms with Crippen molar-refractivity contribution in [3.8, 4) is 0 Å². The van der Waals surface area contributed by atoms with Gasteiger partial charge in [-0.05, 0) is 43.7 Å². The Kier molecular flexibility index (Phi) is 5.28. The number of carbonyl (C=O) groups is 2. The molecule has 2 amide bonds. The van der Waals surface area contributed by atoms with Crippen molar-refractivity contribution in [3.63, 3.8) is 0 Å². The summed E-state index contributed by atoms with van der Waals surface area (Å²) in [4.78, 5) is 25.6. The van der Waals surface area contributed by atoms with E-state index in [2.05, 4.69) is 6.58 Å². The van der Waals surface area contributed by atoms with Crippen LogP contribution in [0.15, 0.2) is 36.9 Å². The Morgan fingerprint density at radius 1 is 1.14 bits per heavy atom. The maximum Gasteiger partial charge on any atom is 0.261 e. The van der Waals surface area contributed by atoms with Crippen LogP contribution in [0.25, 0.3) is 0 Å². The van der Waals surface area contributed by atoms with Crippen molar-refractivity contribution in [3.05, 3.63) is 48.0 Å². The fourth-order valence-electron chi connectivity index (χ4n) is 2.66. The average molecular weight is 287 g/mol. The minimum absolute atomic E-state index is 0.135. The maximum absolute atomic E-state index is 12.2. The Bertz CT molecular complexity index is 504. The van der Waals surface area contributed by atoms with Crippen LogP contribution in [-0.4, -0.2) is 35.0 Å². The SMILES string of the molecule is C=CCCC(CO)CCCN1C(=O)c2ccccc2C1=O. The van der Waals surface area contributed by atoms with Crippen molar-refractivity contribution in [2.24, 2.45) is 5.92 Å². The number of fused-ring (bicyclic) bond motifs is 1. The number of rotatable bonds is 8. The number of hydrogen-bond acceptors (Lipinski definition) is 3. The van der Waals surface area contributed by atoms with Crippen molar-refractivity contribution in [2.75, 3.05) is 13.2 Å². The molecule has 21 heavy (non-hydrogen) atoms. The number of allylic oxidation sites excluding steroid dienone is 1. The van der Waals surface area contributed by atoms with Crippen molar-refractivity contribution in [1.29, 1.82) is 0 Å². The van der Waals surface area contributed by atoms with Crippen LogP contribution >= 0.6 is 0 Å². The van der Waals surface area contributed by atoms with Gasteiger partial charge in [-0.1, -0.05) is 18.2 Å². The molecule has 1 unspecified atom stereocenters. The van der Waals surface area contributed by atoms with E-state index < -0.39 is 0 Å². The molecule has 1 heterocycles.